The van der Waals surface area contributed by atoms with E-state index in [2.05, 4.69) is 0 Å². The SMILES string of the molecule is CC1CC2C3CC(F)C4=CC(=O)C=CC4(C)C34OC4CC2(C)C1(O)C(=O)COC(=O)c1ccccc1. The van der Waals surface area contributed by atoms with Gasteiger partial charge < -0.3 is 14.6 Å². The van der Waals surface area contributed by atoms with Crippen molar-refractivity contribution in [2.75, 3.05) is 6.61 Å². The summed E-state index contributed by atoms with van der Waals surface area (Å²) >= 11 is 0. The summed E-state index contributed by atoms with van der Waals surface area (Å²) < 4.78 is 27.3. The molecule has 9 atom stereocenters. The highest BCUT2D eigenvalue weighted by molar-refractivity contribution is 6.01. The molecule has 36 heavy (non-hydrogen) atoms. The second kappa shape index (κ2) is 7.45. The zero-order valence-corrected chi connectivity index (χ0v) is 20.7. The third-order valence-electron chi connectivity index (χ3n) is 10.3. The lowest BCUT2D eigenvalue weighted by Crippen LogP contribution is -2.63. The molecule has 1 saturated heterocycles. The van der Waals surface area contributed by atoms with Gasteiger partial charge in [0.15, 0.2) is 12.4 Å². The number of Topliss-reactive ketones (excluding diaryl/α,β-unsaturated/α-hetero) is 1. The minimum Gasteiger partial charge on any atom is -0.454 e. The van der Waals surface area contributed by atoms with E-state index in [0.29, 0.717) is 24.0 Å². The molecular weight excluding hydrogens is 463 g/mol. The lowest BCUT2D eigenvalue weighted by atomic mass is 9.46. The van der Waals surface area contributed by atoms with Crippen LogP contribution in [0.25, 0.3) is 0 Å². The smallest absolute Gasteiger partial charge is 0.338 e. The van der Waals surface area contributed by atoms with Crippen LogP contribution in [0, 0.1) is 28.6 Å². The number of halogens is 1. The molecule has 5 aliphatic rings. The molecule has 1 N–H and O–H groups in total. The zero-order chi connectivity index (χ0) is 25.7. The summed E-state index contributed by atoms with van der Waals surface area (Å²) in [6.45, 7) is 5.17. The van der Waals surface area contributed by atoms with E-state index in [4.69, 9.17) is 9.47 Å². The van der Waals surface area contributed by atoms with Crippen LogP contribution >= 0.6 is 0 Å². The number of hydrogen-bond donors (Lipinski definition) is 1. The average Bonchev–Trinajstić information content (AvgIpc) is 3.55. The minimum absolute atomic E-state index is 0.160. The molecule has 1 aromatic rings. The van der Waals surface area contributed by atoms with E-state index in [1.165, 1.54) is 12.2 Å². The molecule has 6 rings (SSSR count). The first-order valence-corrected chi connectivity index (χ1v) is 12.7. The molecule has 6 nitrogen and oxygen atoms in total. The van der Waals surface area contributed by atoms with Crippen molar-refractivity contribution in [3.63, 3.8) is 0 Å². The van der Waals surface area contributed by atoms with E-state index in [-0.39, 0.29) is 30.1 Å². The quantitative estimate of drug-likeness (QED) is 0.506. The summed E-state index contributed by atoms with van der Waals surface area (Å²) in [6, 6.07) is 8.41. The summed E-state index contributed by atoms with van der Waals surface area (Å²) in [4.78, 5) is 38.0. The monoisotopic (exact) mass is 494 g/mol. The van der Waals surface area contributed by atoms with Crippen LogP contribution in [0.4, 0.5) is 4.39 Å². The van der Waals surface area contributed by atoms with Crippen LogP contribution in [-0.2, 0) is 19.1 Å². The van der Waals surface area contributed by atoms with E-state index < -0.39 is 52.5 Å². The standard InChI is InChI=1S/C29H31FO6/c1-16-11-19-20-13-22(30)21-12-18(31)9-10-26(21,2)29(20)24(36-29)14-27(19,3)28(16,34)23(32)15-35-25(33)17-7-5-4-6-8-17/h4-10,12,16,19-20,22,24,34H,11,13-15H2,1-3H3. The van der Waals surface area contributed by atoms with Crippen molar-refractivity contribution in [1.29, 1.82) is 0 Å². The molecule has 7 heteroatoms. The first-order valence-electron chi connectivity index (χ1n) is 12.7. The van der Waals surface area contributed by atoms with Crippen molar-refractivity contribution in [2.45, 2.75) is 63.5 Å². The van der Waals surface area contributed by atoms with Gasteiger partial charge in [-0.1, -0.05) is 38.1 Å². The molecule has 3 saturated carbocycles. The number of esters is 1. The Morgan fingerprint density at radius 1 is 1.17 bits per heavy atom. The summed E-state index contributed by atoms with van der Waals surface area (Å²) in [5.74, 6) is -2.12. The molecule has 9 unspecified atom stereocenters. The van der Waals surface area contributed by atoms with Gasteiger partial charge in [0, 0.05) is 10.8 Å². The number of benzene rings is 1. The molecule has 1 aliphatic heterocycles. The molecular formula is C29H31FO6. The van der Waals surface area contributed by atoms with Gasteiger partial charge >= 0.3 is 5.97 Å². The summed E-state index contributed by atoms with van der Waals surface area (Å²) in [6.07, 6.45) is 4.33. The van der Waals surface area contributed by atoms with E-state index >= 15 is 4.39 Å². The number of allylic oxidation sites excluding steroid dienone is 2. The maximum Gasteiger partial charge on any atom is 0.338 e. The number of ether oxygens (including phenoxy) is 2. The predicted molar refractivity (Wildman–Crippen MR) is 128 cm³/mol. The summed E-state index contributed by atoms with van der Waals surface area (Å²) in [7, 11) is 0. The Kier molecular flexibility index (Phi) is 4.91. The highest BCUT2D eigenvalue weighted by Crippen LogP contribution is 2.76. The fourth-order valence-corrected chi connectivity index (χ4v) is 8.47. The number of carbonyl (C=O) groups excluding carboxylic acids is 3. The Morgan fingerprint density at radius 2 is 1.89 bits per heavy atom. The molecule has 1 spiro atoms. The van der Waals surface area contributed by atoms with Gasteiger partial charge in [0.05, 0.1) is 11.7 Å². The topological polar surface area (TPSA) is 93.2 Å². The zero-order valence-electron chi connectivity index (χ0n) is 20.7. The Morgan fingerprint density at radius 3 is 2.61 bits per heavy atom. The molecule has 0 aromatic heterocycles. The van der Waals surface area contributed by atoms with E-state index in [1.807, 2.05) is 20.8 Å². The fraction of sp³-hybridized carbons (Fsp3) is 0.552. The number of epoxide rings is 1. The van der Waals surface area contributed by atoms with Crippen LogP contribution in [0.5, 0.6) is 0 Å². The lowest BCUT2D eigenvalue weighted by molar-refractivity contribution is -0.166. The van der Waals surface area contributed by atoms with Gasteiger partial charge in [-0.2, -0.15) is 0 Å². The molecule has 0 amide bonds. The summed E-state index contributed by atoms with van der Waals surface area (Å²) in [5, 5.41) is 12.0. The molecule has 4 aliphatic carbocycles. The van der Waals surface area contributed by atoms with Crippen LogP contribution in [0.2, 0.25) is 0 Å². The predicted octanol–water partition coefficient (Wildman–Crippen LogP) is 3.78. The number of rotatable bonds is 4. The normalized spacial score (nSPS) is 46.1. The lowest BCUT2D eigenvalue weighted by Gasteiger charge is -2.56. The molecule has 0 radical (unpaired) electrons. The van der Waals surface area contributed by atoms with Crippen LogP contribution in [-0.4, -0.2) is 52.7 Å². The van der Waals surface area contributed by atoms with Gasteiger partial charge in [-0.15, -0.1) is 0 Å². The molecule has 1 heterocycles. The second-order valence-electron chi connectivity index (χ2n) is 11.7. The van der Waals surface area contributed by atoms with Gasteiger partial charge in [0.25, 0.3) is 0 Å². The number of alkyl halides is 1. The van der Waals surface area contributed by atoms with Gasteiger partial charge in [0.2, 0.25) is 5.78 Å². The Hall–Kier alpha value is -2.64. The highest BCUT2D eigenvalue weighted by Gasteiger charge is 2.82. The fourth-order valence-electron chi connectivity index (χ4n) is 8.47. The summed E-state index contributed by atoms with van der Waals surface area (Å²) in [5.41, 5.74) is -3.16. The number of ketones is 2. The Balaban J connectivity index is 1.30. The van der Waals surface area contributed by atoms with Crippen molar-refractivity contribution < 1.29 is 33.4 Å². The maximum absolute atomic E-state index is 15.6. The van der Waals surface area contributed by atoms with E-state index in [1.54, 1.807) is 36.4 Å². The molecule has 1 aromatic carbocycles. The van der Waals surface area contributed by atoms with Gasteiger partial charge in [-0.05, 0) is 73.8 Å². The van der Waals surface area contributed by atoms with Gasteiger partial charge in [0.1, 0.15) is 17.4 Å². The number of carbonyl (C=O) groups is 3. The van der Waals surface area contributed by atoms with E-state index in [0.717, 1.165) is 0 Å². The third-order valence-corrected chi connectivity index (χ3v) is 10.3. The number of aliphatic hydroxyl groups is 1. The number of hydrogen-bond acceptors (Lipinski definition) is 6. The van der Waals surface area contributed by atoms with Crippen molar-refractivity contribution in [1.82, 2.24) is 0 Å². The van der Waals surface area contributed by atoms with Crippen molar-refractivity contribution >= 4 is 17.5 Å². The largest absolute Gasteiger partial charge is 0.454 e. The van der Waals surface area contributed by atoms with Crippen molar-refractivity contribution in [3.05, 3.63) is 59.7 Å². The van der Waals surface area contributed by atoms with Crippen LogP contribution < -0.4 is 0 Å². The average molecular weight is 495 g/mol. The third kappa shape index (κ3) is 2.76. The second-order valence-corrected chi connectivity index (χ2v) is 11.7. The molecule has 190 valence electrons. The number of fused-ring (bicyclic) bond motifs is 3. The van der Waals surface area contributed by atoms with Crippen LogP contribution in [0.15, 0.2) is 54.1 Å². The maximum atomic E-state index is 15.6. The Bertz CT molecular complexity index is 1220. The van der Waals surface area contributed by atoms with E-state index in [9.17, 15) is 19.5 Å². The van der Waals surface area contributed by atoms with Gasteiger partial charge in [-0.25, -0.2) is 9.18 Å². The van der Waals surface area contributed by atoms with Crippen molar-refractivity contribution in [2.24, 2.45) is 28.6 Å². The highest BCUT2D eigenvalue weighted by atomic mass is 19.1. The minimum atomic E-state index is -1.73. The first kappa shape index (κ1) is 23.7. The first-order chi connectivity index (χ1) is 17.0. The molecule has 4 fully saturated rings. The van der Waals surface area contributed by atoms with Crippen molar-refractivity contribution in [3.8, 4) is 0 Å². The van der Waals surface area contributed by atoms with Gasteiger partial charge in [-0.3, -0.25) is 9.59 Å². The van der Waals surface area contributed by atoms with Crippen LogP contribution in [0.1, 0.15) is 50.4 Å². The molecule has 0 bridgehead atoms. The Labute approximate surface area is 209 Å². The van der Waals surface area contributed by atoms with Crippen LogP contribution in [0.3, 0.4) is 0 Å².